The van der Waals surface area contributed by atoms with E-state index in [2.05, 4.69) is 25.2 Å². The SMILES string of the molecule is CC(=O)Nc1ccc(S(=O)(=O)N[C@@H](C)C(=O)NCc2ccc(N3CCCC3)nc2)cc1. The highest BCUT2D eigenvalue weighted by Crippen LogP contribution is 2.17. The first-order valence-electron chi connectivity index (χ1n) is 10.1. The minimum absolute atomic E-state index is 0.00273. The van der Waals surface area contributed by atoms with E-state index in [0.717, 1.165) is 24.5 Å². The molecule has 1 aromatic heterocycles. The summed E-state index contributed by atoms with van der Waals surface area (Å²) in [4.78, 5) is 30.1. The fraction of sp³-hybridized carbons (Fsp3) is 0.381. The number of aromatic nitrogens is 1. The number of sulfonamides is 1. The summed E-state index contributed by atoms with van der Waals surface area (Å²) in [5, 5.41) is 5.29. The van der Waals surface area contributed by atoms with Gasteiger partial charge < -0.3 is 15.5 Å². The number of hydrogen-bond acceptors (Lipinski definition) is 6. The molecule has 1 aromatic carbocycles. The number of anilines is 2. The second-order valence-corrected chi connectivity index (χ2v) is 9.20. The van der Waals surface area contributed by atoms with Gasteiger partial charge in [0.15, 0.2) is 0 Å². The van der Waals surface area contributed by atoms with Crippen LogP contribution in [-0.2, 0) is 26.2 Å². The molecule has 3 N–H and O–H groups in total. The molecule has 1 saturated heterocycles. The Morgan fingerprint density at radius 1 is 1.10 bits per heavy atom. The Hall–Kier alpha value is -2.98. The zero-order valence-electron chi connectivity index (χ0n) is 17.6. The van der Waals surface area contributed by atoms with Gasteiger partial charge in [-0.3, -0.25) is 9.59 Å². The second kappa shape index (κ2) is 9.88. The maximum Gasteiger partial charge on any atom is 0.241 e. The molecule has 0 spiro atoms. The molecule has 0 aliphatic carbocycles. The molecule has 166 valence electrons. The zero-order chi connectivity index (χ0) is 22.4. The lowest BCUT2D eigenvalue weighted by atomic mass is 10.2. The van der Waals surface area contributed by atoms with Crippen molar-refractivity contribution in [1.29, 1.82) is 0 Å². The highest BCUT2D eigenvalue weighted by Gasteiger charge is 2.22. The van der Waals surface area contributed by atoms with Crippen molar-refractivity contribution in [3.8, 4) is 0 Å². The summed E-state index contributed by atoms with van der Waals surface area (Å²) < 4.78 is 27.4. The number of hydrogen-bond donors (Lipinski definition) is 3. The topological polar surface area (TPSA) is 120 Å². The fourth-order valence-electron chi connectivity index (χ4n) is 3.27. The Bertz CT molecular complexity index is 1020. The van der Waals surface area contributed by atoms with Crippen LogP contribution in [0.3, 0.4) is 0 Å². The molecule has 3 rings (SSSR count). The van der Waals surface area contributed by atoms with Gasteiger partial charge >= 0.3 is 0 Å². The molecule has 1 aliphatic heterocycles. The molecule has 31 heavy (non-hydrogen) atoms. The Kier molecular flexibility index (Phi) is 7.24. The molecule has 2 amide bonds. The van der Waals surface area contributed by atoms with E-state index in [9.17, 15) is 18.0 Å². The summed E-state index contributed by atoms with van der Waals surface area (Å²) in [6, 6.07) is 8.59. The third-order valence-corrected chi connectivity index (χ3v) is 6.47. The van der Waals surface area contributed by atoms with Crippen molar-refractivity contribution in [3.05, 3.63) is 48.2 Å². The van der Waals surface area contributed by atoms with Crippen LogP contribution in [-0.4, -0.2) is 44.3 Å². The maximum atomic E-state index is 12.5. The van der Waals surface area contributed by atoms with Crippen molar-refractivity contribution >= 4 is 33.3 Å². The summed E-state index contributed by atoms with van der Waals surface area (Å²) in [5.41, 5.74) is 1.32. The van der Waals surface area contributed by atoms with E-state index in [-0.39, 0.29) is 17.3 Å². The van der Waals surface area contributed by atoms with Crippen LogP contribution in [0.25, 0.3) is 0 Å². The van der Waals surface area contributed by atoms with E-state index in [1.807, 2.05) is 12.1 Å². The van der Waals surface area contributed by atoms with Crippen LogP contribution in [0.5, 0.6) is 0 Å². The van der Waals surface area contributed by atoms with Crippen molar-refractivity contribution < 1.29 is 18.0 Å². The molecule has 9 nitrogen and oxygen atoms in total. The van der Waals surface area contributed by atoms with Gasteiger partial charge in [-0.2, -0.15) is 4.72 Å². The number of carbonyl (C=O) groups is 2. The molecule has 0 unspecified atom stereocenters. The Balaban J connectivity index is 1.52. The second-order valence-electron chi connectivity index (χ2n) is 7.49. The van der Waals surface area contributed by atoms with Crippen LogP contribution in [0.2, 0.25) is 0 Å². The predicted octanol–water partition coefficient (Wildman–Crippen LogP) is 1.62. The number of nitrogens with zero attached hydrogens (tertiary/aromatic N) is 2. The summed E-state index contributed by atoms with van der Waals surface area (Å²) >= 11 is 0. The summed E-state index contributed by atoms with van der Waals surface area (Å²) in [7, 11) is -3.89. The molecule has 2 heterocycles. The third kappa shape index (κ3) is 6.25. The predicted molar refractivity (Wildman–Crippen MR) is 118 cm³/mol. The van der Waals surface area contributed by atoms with Gasteiger partial charge in [0, 0.05) is 38.4 Å². The molecular formula is C21H27N5O4S. The number of pyridine rings is 1. The van der Waals surface area contributed by atoms with Gasteiger partial charge in [-0.25, -0.2) is 13.4 Å². The average molecular weight is 446 g/mol. The number of amides is 2. The minimum atomic E-state index is -3.89. The van der Waals surface area contributed by atoms with Gasteiger partial charge in [-0.1, -0.05) is 6.07 Å². The van der Waals surface area contributed by atoms with Crippen LogP contribution in [0.1, 0.15) is 32.3 Å². The maximum absolute atomic E-state index is 12.5. The largest absolute Gasteiger partial charge is 0.357 e. The van der Waals surface area contributed by atoms with E-state index in [1.54, 1.807) is 6.20 Å². The van der Waals surface area contributed by atoms with Gasteiger partial charge in [-0.05, 0) is 55.7 Å². The van der Waals surface area contributed by atoms with Crippen molar-refractivity contribution in [1.82, 2.24) is 15.0 Å². The molecular weight excluding hydrogens is 418 g/mol. The van der Waals surface area contributed by atoms with Gasteiger partial charge in [0.2, 0.25) is 21.8 Å². The number of benzene rings is 1. The van der Waals surface area contributed by atoms with Crippen molar-refractivity contribution in [2.75, 3.05) is 23.3 Å². The first kappa shape index (κ1) is 22.7. The summed E-state index contributed by atoms with van der Waals surface area (Å²) in [6.45, 7) is 5.12. The van der Waals surface area contributed by atoms with Gasteiger partial charge in [-0.15, -0.1) is 0 Å². The monoisotopic (exact) mass is 445 g/mol. The van der Waals surface area contributed by atoms with Crippen LogP contribution in [0.15, 0.2) is 47.5 Å². The molecule has 0 bridgehead atoms. The Labute approximate surface area is 182 Å². The number of rotatable bonds is 8. The molecule has 1 fully saturated rings. The van der Waals surface area contributed by atoms with Crippen LogP contribution < -0.4 is 20.3 Å². The minimum Gasteiger partial charge on any atom is -0.357 e. The number of nitrogens with one attached hydrogen (secondary N) is 3. The lowest BCUT2D eigenvalue weighted by Gasteiger charge is -2.17. The Morgan fingerprint density at radius 2 is 1.77 bits per heavy atom. The van der Waals surface area contributed by atoms with E-state index < -0.39 is 22.0 Å². The van der Waals surface area contributed by atoms with Crippen molar-refractivity contribution in [3.63, 3.8) is 0 Å². The van der Waals surface area contributed by atoms with E-state index in [4.69, 9.17) is 0 Å². The summed E-state index contributed by atoms with van der Waals surface area (Å²) in [6.07, 6.45) is 4.07. The standard InChI is InChI=1S/C21H27N5O4S/c1-15(25-31(29,30)19-8-6-18(7-9-19)24-16(2)27)21(28)23-14-17-5-10-20(22-13-17)26-11-3-4-12-26/h5-10,13,15,25H,3-4,11-12,14H2,1-2H3,(H,23,28)(H,24,27)/t15-/m0/s1. The van der Waals surface area contributed by atoms with E-state index >= 15 is 0 Å². The van der Waals surface area contributed by atoms with E-state index in [1.165, 1.54) is 51.0 Å². The molecule has 0 radical (unpaired) electrons. The van der Waals surface area contributed by atoms with Crippen molar-refractivity contribution in [2.45, 2.75) is 44.2 Å². The van der Waals surface area contributed by atoms with Gasteiger partial charge in [0.25, 0.3) is 0 Å². The normalized spacial score (nSPS) is 14.8. The molecule has 10 heteroatoms. The fourth-order valence-corrected chi connectivity index (χ4v) is 4.47. The molecule has 1 atom stereocenters. The van der Waals surface area contributed by atoms with Gasteiger partial charge in [0.05, 0.1) is 10.9 Å². The van der Waals surface area contributed by atoms with E-state index in [0.29, 0.717) is 5.69 Å². The smallest absolute Gasteiger partial charge is 0.241 e. The molecule has 0 saturated carbocycles. The van der Waals surface area contributed by atoms with Gasteiger partial charge in [0.1, 0.15) is 5.82 Å². The number of carbonyl (C=O) groups excluding carboxylic acids is 2. The quantitative estimate of drug-likeness (QED) is 0.568. The van der Waals surface area contributed by atoms with Crippen LogP contribution >= 0.6 is 0 Å². The van der Waals surface area contributed by atoms with Crippen LogP contribution in [0, 0.1) is 0 Å². The Morgan fingerprint density at radius 3 is 2.35 bits per heavy atom. The lowest BCUT2D eigenvalue weighted by molar-refractivity contribution is -0.122. The van der Waals surface area contributed by atoms with Crippen LogP contribution in [0.4, 0.5) is 11.5 Å². The molecule has 2 aromatic rings. The first-order valence-corrected chi connectivity index (χ1v) is 11.6. The lowest BCUT2D eigenvalue weighted by Crippen LogP contribution is -2.44. The summed E-state index contributed by atoms with van der Waals surface area (Å²) in [5.74, 6) is 0.236. The highest BCUT2D eigenvalue weighted by molar-refractivity contribution is 7.89. The first-order chi connectivity index (χ1) is 14.7. The zero-order valence-corrected chi connectivity index (χ0v) is 18.4. The third-order valence-electron chi connectivity index (χ3n) is 4.92. The van der Waals surface area contributed by atoms with Crippen molar-refractivity contribution in [2.24, 2.45) is 0 Å². The molecule has 1 aliphatic rings. The highest BCUT2D eigenvalue weighted by atomic mass is 32.2. The average Bonchev–Trinajstić information content (AvgIpc) is 3.27.